The number of nitrogens with one attached hydrogen (secondary N) is 1. The van der Waals surface area contributed by atoms with Gasteiger partial charge in [0.1, 0.15) is 0 Å². The third-order valence-electron chi connectivity index (χ3n) is 2.96. The van der Waals surface area contributed by atoms with Gasteiger partial charge in [-0.25, -0.2) is 0 Å². The van der Waals surface area contributed by atoms with Gasteiger partial charge in [-0.05, 0) is 18.1 Å². The molecule has 4 nitrogen and oxygen atoms in total. The second-order valence-electron chi connectivity index (χ2n) is 4.24. The van der Waals surface area contributed by atoms with Gasteiger partial charge in [-0.15, -0.1) is 0 Å². The van der Waals surface area contributed by atoms with Crippen molar-refractivity contribution >= 4 is 5.78 Å². The lowest BCUT2D eigenvalue weighted by Gasteiger charge is -2.22. The zero-order chi connectivity index (χ0) is 12.1. The number of Topliss-reactive ketones (excluding diaryl/α,β-unsaturated/α-hetero) is 1. The van der Waals surface area contributed by atoms with Crippen LogP contribution in [0, 0.1) is 0 Å². The van der Waals surface area contributed by atoms with Crippen molar-refractivity contribution in [3.8, 4) is 0 Å². The smallest absolute Gasteiger partial charge is 0.158 e. The van der Waals surface area contributed by atoms with E-state index in [1.807, 2.05) is 18.3 Å². The minimum Gasteiger partial charge on any atom is -0.378 e. The molecule has 0 spiro atoms. The Hall–Kier alpha value is -1.26. The summed E-state index contributed by atoms with van der Waals surface area (Å²) in [7, 11) is 0. The Bertz CT molecular complexity index is 370. The normalized spacial score (nSPS) is 20.2. The van der Waals surface area contributed by atoms with E-state index in [2.05, 4.69) is 17.2 Å². The average molecular weight is 234 g/mol. The summed E-state index contributed by atoms with van der Waals surface area (Å²) in [4.78, 5) is 16.2. The summed E-state index contributed by atoms with van der Waals surface area (Å²) in [6, 6.07) is 3.79. The van der Waals surface area contributed by atoms with Gasteiger partial charge in [0.05, 0.1) is 25.7 Å². The number of hydrogen-bond donors (Lipinski definition) is 1. The molecular weight excluding hydrogens is 216 g/mol. The maximum absolute atomic E-state index is 11.9. The van der Waals surface area contributed by atoms with Gasteiger partial charge in [-0.3, -0.25) is 9.78 Å². The summed E-state index contributed by atoms with van der Waals surface area (Å²) in [5.74, 6) is 0.154. The van der Waals surface area contributed by atoms with Gasteiger partial charge in [0, 0.05) is 18.4 Å². The molecule has 0 radical (unpaired) electrons. The van der Waals surface area contributed by atoms with Crippen LogP contribution in [-0.2, 0) is 22.4 Å². The van der Waals surface area contributed by atoms with E-state index in [0.29, 0.717) is 19.6 Å². The number of carbonyl (C=O) groups is 1. The van der Waals surface area contributed by atoms with Gasteiger partial charge in [0.15, 0.2) is 5.78 Å². The van der Waals surface area contributed by atoms with Gasteiger partial charge < -0.3 is 10.1 Å². The molecule has 2 heterocycles. The molecule has 1 fully saturated rings. The number of ketones is 1. The Morgan fingerprint density at radius 2 is 2.47 bits per heavy atom. The van der Waals surface area contributed by atoms with Gasteiger partial charge in [-0.1, -0.05) is 13.0 Å². The Morgan fingerprint density at radius 3 is 3.06 bits per heavy atom. The summed E-state index contributed by atoms with van der Waals surface area (Å²) in [6.07, 6.45) is 3.19. The summed E-state index contributed by atoms with van der Waals surface area (Å²) in [5.41, 5.74) is 2.03. The predicted molar refractivity (Wildman–Crippen MR) is 64.9 cm³/mol. The first-order valence-corrected chi connectivity index (χ1v) is 6.07. The van der Waals surface area contributed by atoms with Crippen LogP contribution in [0.1, 0.15) is 18.2 Å². The molecule has 4 heteroatoms. The number of aryl methyl sites for hydroxylation is 1. The van der Waals surface area contributed by atoms with Crippen LogP contribution >= 0.6 is 0 Å². The number of hydrogen-bond acceptors (Lipinski definition) is 4. The fourth-order valence-corrected chi connectivity index (χ4v) is 1.84. The zero-order valence-corrected chi connectivity index (χ0v) is 10.1. The van der Waals surface area contributed by atoms with Gasteiger partial charge in [-0.2, -0.15) is 0 Å². The van der Waals surface area contributed by atoms with E-state index in [9.17, 15) is 4.79 Å². The highest BCUT2D eigenvalue weighted by Gasteiger charge is 2.21. The fourth-order valence-electron chi connectivity index (χ4n) is 1.84. The largest absolute Gasteiger partial charge is 0.378 e. The molecule has 0 amide bonds. The summed E-state index contributed by atoms with van der Waals surface area (Å²) >= 11 is 0. The van der Waals surface area contributed by atoms with Gasteiger partial charge >= 0.3 is 0 Å². The van der Waals surface area contributed by atoms with Crippen molar-refractivity contribution < 1.29 is 9.53 Å². The van der Waals surface area contributed by atoms with E-state index in [4.69, 9.17) is 4.74 Å². The van der Waals surface area contributed by atoms with Crippen molar-refractivity contribution in [2.45, 2.75) is 25.8 Å². The molecule has 2 rings (SSSR count). The molecule has 1 N–H and O–H groups in total. The molecule has 1 atom stereocenters. The highest BCUT2D eigenvalue weighted by atomic mass is 16.5. The van der Waals surface area contributed by atoms with Crippen molar-refractivity contribution in [3.63, 3.8) is 0 Å². The molecule has 92 valence electrons. The predicted octanol–water partition coefficient (Wildman–Crippen LogP) is 0.744. The lowest BCUT2D eigenvalue weighted by atomic mass is 10.1. The monoisotopic (exact) mass is 234 g/mol. The topological polar surface area (TPSA) is 51.2 Å². The van der Waals surface area contributed by atoms with Crippen molar-refractivity contribution in [2.24, 2.45) is 0 Å². The van der Waals surface area contributed by atoms with Crippen molar-refractivity contribution in [3.05, 3.63) is 29.6 Å². The SMILES string of the molecule is CCc1ccc(CC(=O)C2COCCN2)nc1. The number of aromatic nitrogens is 1. The van der Waals surface area contributed by atoms with Crippen LogP contribution in [0.5, 0.6) is 0 Å². The fraction of sp³-hybridized carbons (Fsp3) is 0.538. The maximum atomic E-state index is 11.9. The molecule has 1 saturated heterocycles. The lowest BCUT2D eigenvalue weighted by Crippen LogP contribution is -2.47. The van der Waals surface area contributed by atoms with Crippen LogP contribution in [0.3, 0.4) is 0 Å². The Labute approximate surface area is 101 Å². The molecule has 1 unspecified atom stereocenters. The summed E-state index contributed by atoms with van der Waals surface area (Å²) < 4.78 is 5.27. The maximum Gasteiger partial charge on any atom is 0.158 e. The van der Waals surface area contributed by atoms with Crippen LogP contribution in [-0.4, -0.2) is 36.6 Å². The van der Waals surface area contributed by atoms with Crippen LogP contribution in [0.2, 0.25) is 0 Å². The van der Waals surface area contributed by atoms with Gasteiger partial charge in [0.2, 0.25) is 0 Å². The van der Waals surface area contributed by atoms with Crippen LogP contribution in [0.4, 0.5) is 0 Å². The highest BCUT2D eigenvalue weighted by molar-refractivity contribution is 5.86. The molecule has 1 aliphatic heterocycles. The van der Waals surface area contributed by atoms with E-state index in [-0.39, 0.29) is 11.8 Å². The van der Waals surface area contributed by atoms with Crippen LogP contribution in [0.25, 0.3) is 0 Å². The van der Waals surface area contributed by atoms with Crippen molar-refractivity contribution in [2.75, 3.05) is 19.8 Å². The van der Waals surface area contributed by atoms with E-state index in [1.165, 1.54) is 5.56 Å². The first kappa shape index (κ1) is 12.2. The summed E-state index contributed by atoms with van der Waals surface area (Å²) in [5, 5.41) is 3.16. The minimum atomic E-state index is -0.170. The second kappa shape index (κ2) is 5.89. The number of carbonyl (C=O) groups excluding carboxylic acids is 1. The Balaban J connectivity index is 1.92. The number of nitrogens with zero attached hydrogens (tertiary/aromatic N) is 1. The molecule has 0 saturated carbocycles. The molecule has 1 aliphatic rings. The minimum absolute atomic E-state index is 0.154. The van der Waals surface area contributed by atoms with Crippen molar-refractivity contribution in [1.29, 1.82) is 0 Å². The molecule has 0 aromatic carbocycles. The highest BCUT2D eigenvalue weighted by Crippen LogP contribution is 2.04. The number of morpholine rings is 1. The average Bonchev–Trinajstić information content (AvgIpc) is 2.40. The van der Waals surface area contributed by atoms with E-state index < -0.39 is 0 Å². The molecule has 17 heavy (non-hydrogen) atoms. The molecule has 1 aromatic heterocycles. The first-order chi connectivity index (χ1) is 8.29. The second-order valence-corrected chi connectivity index (χ2v) is 4.24. The van der Waals surface area contributed by atoms with E-state index in [0.717, 1.165) is 18.7 Å². The summed E-state index contributed by atoms with van der Waals surface area (Å²) in [6.45, 7) is 4.00. The number of ether oxygens (including phenoxy) is 1. The first-order valence-electron chi connectivity index (χ1n) is 6.07. The lowest BCUT2D eigenvalue weighted by molar-refractivity contribution is -0.123. The van der Waals surface area contributed by atoms with E-state index >= 15 is 0 Å². The number of pyridine rings is 1. The standard InChI is InChI=1S/C13H18N2O2/c1-2-10-3-4-11(15-8-10)7-13(16)12-9-17-6-5-14-12/h3-4,8,12,14H,2,5-7,9H2,1H3. The molecule has 0 bridgehead atoms. The zero-order valence-electron chi connectivity index (χ0n) is 10.1. The Kier molecular flexibility index (Phi) is 4.23. The molecule has 1 aromatic rings. The Morgan fingerprint density at radius 1 is 1.59 bits per heavy atom. The molecule has 0 aliphatic carbocycles. The molecular formula is C13H18N2O2. The van der Waals surface area contributed by atoms with E-state index in [1.54, 1.807) is 0 Å². The van der Waals surface area contributed by atoms with Gasteiger partial charge in [0.25, 0.3) is 0 Å². The third kappa shape index (κ3) is 3.35. The van der Waals surface area contributed by atoms with Crippen LogP contribution in [0.15, 0.2) is 18.3 Å². The quantitative estimate of drug-likeness (QED) is 0.835. The van der Waals surface area contributed by atoms with Crippen LogP contribution < -0.4 is 5.32 Å². The van der Waals surface area contributed by atoms with Crippen molar-refractivity contribution in [1.82, 2.24) is 10.3 Å². The number of rotatable bonds is 4. The third-order valence-corrected chi connectivity index (χ3v) is 2.96.